The Kier molecular flexibility index (Phi) is 12.4. The van der Waals surface area contributed by atoms with E-state index in [1.165, 1.54) is 33.7 Å². The molecule has 7 heterocycles. The van der Waals surface area contributed by atoms with Crippen molar-refractivity contribution in [1.82, 2.24) is 43.2 Å². The van der Waals surface area contributed by atoms with Gasteiger partial charge in [0.05, 0.1) is 42.1 Å². The summed E-state index contributed by atoms with van der Waals surface area (Å²) in [5.41, 5.74) is 10.4. The Morgan fingerprint density at radius 1 is 0.544 bits per heavy atom. The molecule has 0 saturated carbocycles. The first kappa shape index (κ1) is 46.1. The van der Waals surface area contributed by atoms with E-state index in [0.717, 1.165) is 22.2 Å². The normalized spacial score (nSPS) is 13.2. The van der Waals surface area contributed by atoms with E-state index in [4.69, 9.17) is 52.1 Å². The van der Waals surface area contributed by atoms with Crippen LogP contribution in [0.5, 0.6) is 0 Å². The molecule has 12 nitrogen and oxygen atoms in total. The molecule has 0 unspecified atom stereocenters. The molecule has 340 valence electrons. The van der Waals surface area contributed by atoms with Crippen LogP contribution >= 0.6 is 46.4 Å². The number of aryl methyl sites for hydroxylation is 4. The number of pyridine rings is 5. The van der Waals surface area contributed by atoms with Crippen molar-refractivity contribution in [2.45, 2.75) is 11.2 Å². The summed E-state index contributed by atoms with van der Waals surface area (Å²) < 4.78 is 23.7. The SMILES string of the molecule is Cn1cncc1[C@@](F)(c1ccc(Cl)cc1)c1cnc2c(c1)c(-c1cccc(Cl)c1)cc(=O)n2C.Cn1cncc1[C@@](N)(c1ccc(Cl)cc1)c1cnc2c(c1)c(-c1cccc(Cl)n1)cc(=O)n2C. The topological polar surface area (TPSA) is 144 Å². The van der Waals surface area contributed by atoms with E-state index in [0.29, 0.717) is 76.1 Å². The Morgan fingerprint density at radius 2 is 1.07 bits per heavy atom. The van der Waals surface area contributed by atoms with Gasteiger partial charge in [-0.05, 0) is 82.9 Å². The third kappa shape index (κ3) is 8.26. The summed E-state index contributed by atoms with van der Waals surface area (Å²) >= 11 is 24.6. The quantitative estimate of drug-likeness (QED) is 0.148. The highest BCUT2D eigenvalue weighted by atomic mass is 35.5. The Balaban J connectivity index is 0.000000170. The number of alkyl halides is 1. The summed E-state index contributed by atoms with van der Waals surface area (Å²) in [7, 11) is 6.95. The molecule has 10 rings (SSSR count). The van der Waals surface area contributed by atoms with Crippen molar-refractivity contribution in [3.05, 3.63) is 227 Å². The largest absolute Gasteiger partial charge is 0.336 e. The lowest BCUT2D eigenvalue weighted by Crippen LogP contribution is -2.41. The molecule has 3 aromatic carbocycles. The van der Waals surface area contributed by atoms with Crippen molar-refractivity contribution >= 4 is 68.5 Å². The van der Waals surface area contributed by atoms with Crippen LogP contribution in [0.3, 0.4) is 0 Å². The van der Waals surface area contributed by atoms with Gasteiger partial charge in [0.2, 0.25) is 5.67 Å². The van der Waals surface area contributed by atoms with Crippen LogP contribution in [0.2, 0.25) is 20.2 Å². The molecule has 0 amide bonds. The molecular weight excluding hydrogens is 945 g/mol. The molecule has 0 saturated heterocycles. The van der Waals surface area contributed by atoms with Crippen molar-refractivity contribution in [1.29, 1.82) is 0 Å². The highest BCUT2D eigenvalue weighted by Crippen LogP contribution is 2.43. The van der Waals surface area contributed by atoms with E-state index in [1.54, 1.807) is 124 Å². The zero-order valence-electron chi connectivity index (χ0n) is 36.7. The third-order valence-electron chi connectivity index (χ3n) is 12.1. The zero-order chi connectivity index (χ0) is 48.1. The molecular formula is C51H39Cl4FN10O2. The van der Waals surface area contributed by atoms with Crippen molar-refractivity contribution in [3.8, 4) is 22.4 Å². The standard InChI is InChI=1S/C26H19Cl2FN4O.C25H20Cl2N6O/c1-32-15-30-14-23(32)26(29,17-6-8-19(27)9-7-17)18-11-22-21(16-4-3-5-20(28)10-16)12-24(34)33(2)25(22)31-13-18;1-32-14-29-13-21(32)25(28,15-6-8-17(26)9-7-15)16-10-19-18(20-4-3-5-22(27)31-20)11-23(34)33(2)24(19)30-12-16/h3-15H,1-2H3;3-14H,28H2,1-2H3/t26-;25-/m11/s1. The van der Waals surface area contributed by atoms with Gasteiger partial charge < -0.3 is 14.9 Å². The van der Waals surface area contributed by atoms with Crippen LogP contribution in [0.15, 0.2) is 162 Å². The van der Waals surface area contributed by atoms with Crippen molar-refractivity contribution in [3.63, 3.8) is 0 Å². The lowest BCUT2D eigenvalue weighted by molar-refractivity contribution is 0.266. The van der Waals surface area contributed by atoms with Crippen molar-refractivity contribution in [2.75, 3.05) is 0 Å². The average molecular weight is 985 g/mol. The minimum atomic E-state index is -2.07. The summed E-state index contributed by atoms with van der Waals surface area (Å²) in [6.45, 7) is 0. The van der Waals surface area contributed by atoms with Gasteiger partial charge in [0.25, 0.3) is 11.1 Å². The number of nitrogens with zero attached hydrogens (tertiary/aromatic N) is 9. The molecule has 2 atom stereocenters. The molecule has 0 aliphatic rings. The van der Waals surface area contributed by atoms with E-state index in [1.807, 2.05) is 41.9 Å². The van der Waals surface area contributed by atoms with E-state index < -0.39 is 11.2 Å². The number of halogens is 5. The first-order chi connectivity index (χ1) is 32.6. The summed E-state index contributed by atoms with van der Waals surface area (Å²) in [5.74, 6) is 0. The van der Waals surface area contributed by atoms with Gasteiger partial charge >= 0.3 is 0 Å². The number of hydrogen-bond acceptors (Lipinski definition) is 8. The molecule has 7 aromatic heterocycles. The summed E-state index contributed by atoms with van der Waals surface area (Å²) in [6.07, 6.45) is 9.64. The van der Waals surface area contributed by atoms with Crippen LogP contribution in [0, 0.1) is 0 Å². The number of benzene rings is 3. The van der Waals surface area contributed by atoms with Crippen LogP contribution < -0.4 is 16.9 Å². The number of fused-ring (bicyclic) bond motifs is 2. The van der Waals surface area contributed by atoms with Gasteiger partial charge in [-0.25, -0.2) is 29.3 Å². The number of rotatable bonds is 8. The predicted octanol–water partition coefficient (Wildman–Crippen LogP) is 10.2. The molecule has 17 heteroatoms. The second-order valence-corrected chi connectivity index (χ2v) is 17.9. The molecule has 0 spiro atoms. The Labute approximate surface area is 408 Å². The lowest BCUT2D eigenvalue weighted by Gasteiger charge is -2.31. The van der Waals surface area contributed by atoms with Crippen LogP contribution in [-0.4, -0.2) is 43.2 Å². The second-order valence-electron chi connectivity index (χ2n) is 16.2. The molecule has 10 aromatic rings. The van der Waals surface area contributed by atoms with Crippen LogP contribution in [0.1, 0.15) is 33.6 Å². The lowest BCUT2D eigenvalue weighted by atomic mass is 9.81. The Hall–Kier alpha value is -7.00. The average Bonchev–Trinajstić information content (AvgIpc) is 3.99. The number of hydrogen-bond donors (Lipinski definition) is 1. The molecule has 0 aliphatic heterocycles. The highest BCUT2D eigenvalue weighted by molar-refractivity contribution is 6.31. The summed E-state index contributed by atoms with van der Waals surface area (Å²) in [6, 6.07) is 33.2. The molecule has 68 heavy (non-hydrogen) atoms. The van der Waals surface area contributed by atoms with Gasteiger partial charge in [0.1, 0.15) is 22.0 Å². The smallest absolute Gasteiger partial charge is 0.252 e. The predicted molar refractivity (Wildman–Crippen MR) is 267 cm³/mol. The van der Waals surface area contributed by atoms with Gasteiger partial charge in [-0.3, -0.25) is 18.7 Å². The summed E-state index contributed by atoms with van der Waals surface area (Å²) in [4.78, 5) is 47.4. The van der Waals surface area contributed by atoms with E-state index >= 15 is 4.39 Å². The molecule has 2 N–H and O–H groups in total. The van der Waals surface area contributed by atoms with E-state index in [-0.39, 0.29) is 11.1 Å². The fourth-order valence-electron chi connectivity index (χ4n) is 8.46. The van der Waals surface area contributed by atoms with Gasteiger partial charge in [-0.15, -0.1) is 0 Å². The van der Waals surface area contributed by atoms with Gasteiger partial charge in [0, 0.05) is 95.2 Å². The Bertz CT molecular complexity index is 3430. The van der Waals surface area contributed by atoms with Crippen molar-refractivity contribution in [2.24, 2.45) is 33.9 Å². The Morgan fingerprint density at radius 3 is 1.65 bits per heavy atom. The first-order valence-corrected chi connectivity index (χ1v) is 22.4. The maximum Gasteiger partial charge on any atom is 0.252 e. The van der Waals surface area contributed by atoms with Crippen LogP contribution in [0.25, 0.3) is 44.5 Å². The van der Waals surface area contributed by atoms with Crippen LogP contribution in [0.4, 0.5) is 4.39 Å². The van der Waals surface area contributed by atoms with Gasteiger partial charge in [0.15, 0.2) is 0 Å². The van der Waals surface area contributed by atoms with E-state index in [9.17, 15) is 9.59 Å². The maximum absolute atomic E-state index is 17.3. The molecule has 0 aliphatic carbocycles. The second kappa shape index (κ2) is 18.2. The fourth-order valence-corrected chi connectivity index (χ4v) is 9.07. The molecule has 0 radical (unpaired) electrons. The minimum absolute atomic E-state index is 0.201. The van der Waals surface area contributed by atoms with Gasteiger partial charge in [-0.1, -0.05) is 88.9 Å². The van der Waals surface area contributed by atoms with Crippen molar-refractivity contribution < 1.29 is 4.39 Å². The summed E-state index contributed by atoms with van der Waals surface area (Å²) in [5, 5.41) is 3.33. The highest BCUT2D eigenvalue weighted by Gasteiger charge is 2.40. The maximum atomic E-state index is 17.3. The fraction of sp³-hybridized carbons (Fsp3) is 0.118. The zero-order valence-corrected chi connectivity index (χ0v) is 39.8. The first-order valence-electron chi connectivity index (χ1n) is 20.9. The van der Waals surface area contributed by atoms with Gasteiger partial charge in [-0.2, -0.15) is 0 Å². The monoisotopic (exact) mass is 982 g/mol. The third-order valence-corrected chi connectivity index (χ3v) is 13.0. The number of nitrogens with two attached hydrogens (primary N) is 1. The minimum Gasteiger partial charge on any atom is -0.336 e. The van der Waals surface area contributed by atoms with E-state index in [2.05, 4.69) is 24.9 Å². The van der Waals surface area contributed by atoms with Crippen LogP contribution in [-0.2, 0) is 39.4 Å². The molecule has 0 bridgehead atoms. The molecule has 0 fully saturated rings. The number of aromatic nitrogens is 9. The number of imidazole rings is 2.